The highest BCUT2D eigenvalue weighted by molar-refractivity contribution is 5.89. The van der Waals surface area contributed by atoms with Crippen LogP contribution in [-0.2, 0) is 24.1 Å². The lowest BCUT2D eigenvalue weighted by molar-refractivity contribution is -0.138. The second-order valence-electron chi connectivity index (χ2n) is 7.06. The number of likely N-dealkylation sites (tertiary alicyclic amines) is 1. The molecule has 0 unspecified atom stereocenters. The minimum atomic E-state index is -4.47. The van der Waals surface area contributed by atoms with Gasteiger partial charge in [-0.25, -0.2) is 4.79 Å². The number of nitrogens with zero attached hydrogens (tertiary/aromatic N) is 2. The molecule has 154 valence electrons. The van der Waals surface area contributed by atoms with Crippen LogP contribution in [0.5, 0.6) is 0 Å². The molecule has 0 radical (unpaired) electrons. The summed E-state index contributed by atoms with van der Waals surface area (Å²) >= 11 is 0. The van der Waals surface area contributed by atoms with E-state index in [9.17, 15) is 22.8 Å². The molecule has 0 aromatic heterocycles. The van der Waals surface area contributed by atoms with Crippen LogP contribution < -0.4 is 5.32 Å². The van der Waals surface area contributed by atoms with Crippen molar-refractivity contribution in [3.63, 3.8) is 0 Å². The molecule has 0 bridgehead atoms. The predicted molar refractivity (Wildman–Crippen MR) is 103 cm³/mol. The average Bonchev–Trinajstić information content (AvgIpc) is 3.07. The zero-order valence-corrected chi connectivity index (χ0v) is 16.0. The summed E-state index contributed by atoms with van der Waals surface area (Å²) in [6, 6.07) is 11.8. The number of amides is 3. The maximum atomic E-state index is 13.1. The summed E-state index contributed by atoms with van der Waals surface area (Å²) < 4.78 is 39.3. The number of rotatable bonds is 5. The number of carbonyl (C=O) groups is 2. The molecule has 0 saturated carbocycles. The van der Waals surface area contributed by atoms with Crippen LogP contribution in [0.4, 0.5) is 23.7 Å². The third kappa shape index (κ3) is 5.28. The van der Waals surface area contributed by atoms with Gasteiger partial charge in [0.15, 0.2) is 0 Å². The monoisotopic (exact) mass is 405 g/mol. The fourth-order valence-electron chi connectivity index (χ4n) is 3.27. The number of benzene rings is 2. The minimum Gasteiger partial charge on any atom is -0.338 e. The standard InChI is InChI=1S/C21H22F3N3O2/c1-26(14-16-5-2-3-6-18(16)21(22,23)24)20(29)25-17-10-8-15(9-11-17)13-27-12-4-7-19(27)28/h2-3,5-6,8-11H,4,7,12-14H2,1H3,(H,25,29). The smallest absolute Gasteiger partial charge is 0.338 e. The molecule has 0 atom stereocenters. The molecule has 0 aliphatic carbocycles. The fraction of sp³-hybridized carbons (Fsp3) is 0.333. The zero-order chi connectivity index (χ0) is 21.0. The second-order valence-corrected chi connectivity index (χ2v) is 7.06. The minimum absolute atomic E-state index is 0.0308. The molecule has 3 amide bonds. The van der Waals surface area contributed by atoms with Crippen molar-refractivity contribution in [3.8, 4) is 0 Å². The summed E-state index contributed by atoms with van der Waals surface area (Å²) in [6.07, 6.45) is -3.02. The molecular weight excluding hydrogens is 383 g/mol. The third-order valence-corrected chi connectivity index (χ3v) is 4.83. The van der Waals surface area contributed by atoms with Gasteiger partial charge in [0.25, 0.3) is 0 Å². The molecule has 1 aliphatic heterocycles. The van der Waals surface area contributed by atoms with Crippen molar-refractivity contribution >= 4 is 17.6 Å². The third-order valence-electron chi connectivity index (χ3n) is 4.83. The SMILES string of the molecule is CN(Cc1ccccc1C(F)(F)F)C(=O)Nc1ccc(CN2CCCC2=O)cc1. The molecular formula is C21H22F3N3O2. The van der Waals surface area contributed by atoms with E-state index in [2.05, 4.69) is 5.32 Å². The quantitative estimate of drug-likeness (QED) is 0.797. The number of anilines is 1. The van der Waals surface area contributed by atoms with E-state index in [0.29, 0.717) is 18.7 Å². The zero-order valence-electron chi connectivity index (χ0n) is 16.0. The lowest BCUT2D eigenvalue weighted by Crippen LogP contribution is -2.31. The molecule has 1 N–H and O–H groups in total. The number of halogens is 3. The van der Waals surface area contributed by atoms with Gasteiger partial charge in [-0.3, -0.25) is 4.79 Å². The molecule has 2 aromatic rings. The van der Waals surface area contributed by atoms with Crippen LogP contribution >= 0.6 is 0 Å². The fourth-order valence-corrected chi connectivity index (χ4v) is 3.27. The van der Waals surface area contributed by atoms with Gasteiger partial charge < -0.3 is 15.1 Å². The highest BCUT2D eigenvalue weighted by Crippen LogP contribution is 2.32. The first-order valence-corrected chi connectivity index (χ1v) is 9.28. The van der Waals surface area contributed by atoms with Crippen molar-refractivity contribution in [1.29, 1.82) is 0 Å². The first kappa shape index (κ1) is 20.7. The number of urea groups is 1. The van der Waals surface area contributed by atoms with E-state index >= 15 is 0 Å². The molecule has 0 spiro atoms. The first-order valence-electron chi connectivity index (χ1n) is 9.28. The molecule has 2 aromatic carbocycles. The van der Waals surface area contributed by atoms with Gasteiger partial charge in [-0.05, 0) is 35.7 Å². The Morgan fingerprint density at radius 3 is 2.45 bits per heavy atom. The molecule has 5 nitrogen and oxygen atoms in total. The van der Waals surface area contributed by atoms with Gasteiger partial charge in [-0.1, -0.05) is 30.3 Å². The van der Waals surface area contributed by atoms with Gasteiger partial charge in [0.05, 0.1) is 5.56 Å². The van der Waals surface area contributed by atoms with Gasteiger partial charge in [0.2, 0.25) is 5.91 Å². The highest BCUT2D eigenvalue weighted by atomic mass is 19.4. The predicted octanol–water partition coefficient (Wildman–Crippen LogP) is 4.49. The molecule has 8 heteroatoms. The number of hydrogen-bond donors (Lipinski definition) is 1. The summed E-state index contributed by atoms with van der Waals surface area (Å²) in [5.41, 5.74) is 0.761. The average molecular weight is 405 g/mol. The Balaban J connectivity index is 1.59. The molecule has 1 aliphatic rings. The van der Waals surface area contributed by atoms with E-state index in [0.717, 1.165) is 24.6 Å². The molecule has 29 heavy (non-hydrogen) atoms. The summed E-state index contributed by atoms with van der Waals surface area (Å²) in [7, 11) is 1.44. The summed E-state index contributed by atoms with van der Waals surface area (Å²) in [5.74, 6) is 0.142. The van der Waals surface area contributed by atoms with Crippen molar-refractivity contribution in [1.82, 2.24) is 9.80 Å². The number of alkyl halides is 3. The van der Waals surface area contributed by atoms with Crippen molar-refractivity contribution in [2.45, 2.75) is 32.1 Å². The van der Waals surface area contributed by atoms with Gasteiger partial charge in [0.1, 0.15) is 0 Å². The highest BCUT2D eigenvalue weighted by Gasteiger charge is 2.33. The van der Waals surface area contributed by atoms with E-state index < -0.39 is 17.8 Å². The maximum absolute atomic E-state index is 13.1. The summed E-state index contributed by atoms with van der Waals surface area (Å²) in [5, 5.41) is 2.67. The molecule has 1 fully saturated rings. The maximum Gasteiger partial charge on any atom is 0.416 e. The Kier molecular flexibility index (Phi) is 6.10. The Morgan fingerprint density at radius 2 is 1.83 bits per heavy atom. The number of nitrogens with one attached hydrogen (secondary N) is 1. The Morgan fingerprint density at radius 1 is 1.14 bits per heavy atom. The Bertz CT molecular complexity index is 881. The van der Waals surface area contributed by atoms with E-state index in [-0.39, 0.29) is 18.0 Å². The van der Waals surface area contributed by atoms with E-state index in [4.69, 9.17) is 0 Å². The Hall–Kier alpha value is -3.03. The molecule has 3 rings (SSSR count). The van der Waals surface area contributed by atoms with Crippen LogP contribution in [0.25, 0.3) is 0 Å². The van der Waals surface area contributed by atoms with Gasteiger partial charge in [0, 0.05) is 38.8 Å². The van der Waals surface area contributed by atoms with Crippen molar-refractivity contribution < 1.29 is 22.8 Å². The van der Waals surface area contributed by atoms with Gasteiger partial charge in [-0.15, -0.1) is 0 Å². The topological polar surface area (TPSA) is 52.7 Å². The summed E-state index contributed by atoms with van der Waals surface area (Å²) in [4.78, 5) is 27.0. The number of hydrogen-bond acceptors (Lipinski definition) is 2. The lowest BCUT2D eigenvalue weighted by Gasteiger charge is -2.21. The van der Waals surface area contributed by atoms with E-state index in [1.54, 1.807) is 17.0 Å². The van der Waals surface area contributed by atoms with Crippen LogP contribution in [0.1, 0.15) is 29.5 Å². The van der Waals surface area contributed by atoms with Crippen LogP contribution in [0.15, 0.2) is 48.5 Å². The largest absolute Gasteiger partial charge is 0.416 e. The number of carbonyl (C=O) groups excluding carboxylic acids is 2. The van der Waals surface area contributed by atoms with E-state index in [1.165, 1.54) is 30.1 Å². The van der Waals surface area contributed by atoms with Crippen LogP contribution in [0, 0.1) is 0 Å². The van der Waals surface area contributed by atoms with E-state index in [1.807, 2.05) is 12.1 Å². The lowest BCUT2D eigenvalue weighted by atomic mass is 10.1. The van der Waals surface area contributed by atoms with Gasteiger partial charge >= 0.3 is 12.2 Å². The van der Waals surface area contributed by atoms with Crippen molar-refractivity contribution in [2.24, 2.45) is 0 Å². The molecule has 1 saturated heterocycles. The van der Waals surface area contributed by atoms with Crippen molar-refractivity contribution in [3.05, 3.63) is 65.2 Å². The Labute approximate surface area is 167 Å². The second kappa shape index (κ2) is 8.55. The summed E-state index contributed by atoms with van der Waals surface area (Å²) in [6.45, 7) is 1.11. The van der Waals surface area contributed by atoms with Crippen LogP contribution in [0.2, 0.25) is 0 Å². The normalized spacial score (nSPS) is 14.2. The first-order chi connectivity index (χ1) is 13.7. The van der Waals surface area contributed by atoms with Crippen LogP contribution in [-0.4, -0.2) is 35.3 Å². The van der Waals surface area contributed by atoms with Gasteiger partial charge in [-0.2, -0.15) is 13.2 Å². The van der Waals surface area contributed by atoms with Crippen LogP contribution in [0.3, 0.4) is 0 Å². The molecule has 1 heterocycles. The van der Waals surface area contributed by atoms with Crippen molar-refractivity contribution in [2.75, 3.05) is 18.9 Å².